The van der Waals surface area contributed by atoms with Crippen molar-refractivity contribution in [2.24, 2.45) is 7.05 Å². The Balaban J connectivity index is 1.72. The van der Waals surface area contributed by atoms with Crippen LogP contribution in [0.15, 0.2) is 48.8 Å². The van der Waals surface area contributed by atoms with E-state index in [-0.39, 0.29) is 5.75 Å². The minimum absolute atomic E-state index is 0.0996. The van der Waals surface area contributed by atoms with Crippen LogP contribution in [0.2, 0.25) is 0 Å². The molecular formula is C24H26FN5O3S. The number of nitrogens with one attached hydrogen (secondary N) is 1. The second-order valence-electron chi connectivity index (χ2n) is 8.71. The number of rotatable bonds is 7. The van der Waals surface area contributed by atoms with Gasteiger partial charge in [0.05, 0.1) is 23.2 Å². The molecule has 0 spiro atoms. The first-order valence-electron chi connectivity index (χ1n) is 10.5. The number of nitrogens with zero attached hydrogens (tertiary/aromatic N) is 4. The van der Waals surface area contributed by atoms with Crippen molar-refractivity contribution in [2.45, 2.75) is 25.2 Å². The first-order valence-corrected chi connectivity index (χ1v) is 12.6. The Morgan fingerprint density at radius 1 is 1.12 bits per heavy atom. The molecule has 0 aliphatic heterocycles. The zero-order valence-corrected chi connectivity index (χ0v) is 20.4. The van der Waals surface area contributed by atoms with Gasteiger partial charge in [0.15, 0.2) is 9.84 Å². The van der Waals surface area contributed by atoms with Gasteiger partial charge in [-0.05, 0) is 55.3 Å². The number of aryl methyl sites for hydroxylation is 1. The lowest BCUT2D eigenvalue weighted by Gasteiger charge is -2.23. The molecule has 3 heterocycles. The highest BCUT2D eigenvalue weighted by Gasteiger charge is 2.27. The number of anilines is 2. The summed E-state index contributed by atoms with van der Waals surface area (Å²) in [6.07, 6.45) is 3.83. The lowest BCUT2D eigenvalue weighted by Crippen LogP contribution is -2.23. The van der Waals surface area contributed by atoms with Crippen molar-refractivity contribution in [2.75, 3.05) is 18.7 Å². The van der Waals surface area contributed by atoms with Crippen LogP contribution in [-0.2, 0) is 33.0 Å². The van der Waals surface area contributed by atoms with Crippen molar-refractivity contribution < 1.29 is 17.5 Å². The molecule has 0 aliphatic rings. The van der Waals surface area contributed by atoms with E-state index in [9.17, 15) is 12.8 Å². The van der Waals surface area contributed by atoms with E-state index in [1.807, 2.05) is 39.1 Å². The van der Waals surface area contributed by atoms with E-state index in [2.05, 4.69) is 20.4 Å². The van der Waals surface area contributed by atoms with Crippen molar-refractivity contribution in [3.8, 4) is 11.1 Å². The third kappa shape index (κ3) is 4.92. The van der Waals surface area contributed by atoms with Crippen molar-refractivity contribution >= 4 is 32.4 Å². The van der Waals surface area contributed by atoms with E-state index in [0.29, 0.717) is 28.3 Å². The van der Waals surface area contributed by atoms with Gasteiger partial charge in [-0.15, -0.1) is 0 Å². The topological polar surface area (TPSA) is 99.0 Å². The number of hydrogen-bond donors (Lipinski definition) is 1. The molecule has 0 saturated carbocycles. The summed E-state index contributed by atoms with van der Waals surface area (Å²) in [6.45, 7) is 3.91. The minimum Gasteiger partial charge on any atom is -0.372 e. The Kier molecular flexibility index (Phi) is 6.13. The van der Waals surface area contributed by atoms with Gasteiger partial charge in [-0.2, -0.15) is 5.10 Å². The predicted molar refractivity (Wildman–Crippen MR) is 130 cm³/mol. The number of methoxy groups -OCH3 is 1. The molecule has 178 valence electrons. The molecule has 4 aromatic rings. The van der Waals surface area contributed by atoms with Gasteiger partial charge in [-0.1, -0.05) is 6.07 Å². The van der Waals surface area contributed by atoms with Crippen molar-refractivity contribution in [3.05, 3.63) is 65.9 Å². The molecule has 3 aromatic heterocycles. The fourth-order valence-electron chi connectivity index (χ4n) is 3.97. The molecule has 0 aliphatic carbocycles. The van der Waals surface area contributed by atoms with E-state index in [1.54, 1.807) is 30.0 Å². The molecule has 1 aromatic carbocycles. The molecule has 4 rings (SSSR count). The second-order valence-corrected chi connectivity index (χ2v) is 10.9. The summed E-state index contributed by atoms with van der Waals surface area (Å²) in [5.41, 5.74) is 2.69. The van der Waals surface area contributed by atoms with E-state index in [1.165, 1.54) is 12.5 Å². The van der Waals surface area contributed by atoms with E-state index in [4.69, 9.17) is 4.74 Å². The van der Waals surface area contributed by atoms with Crippen LogP contribution in [0.3, 0.4) is 0 Å². The fourth-order valence-corrected chi connectivity index (χ4v) is 4.76. The zero-order valence-electron chi connectivity index (χ0n) is 19.6. The van der Waals surface area contributed by atoms with Crippen LogP contribution >= 0.6 is 0 Å². The van der Waals surface area contributed by atoms with Gasteiger partial charge < -0.3 is 10.1 Å². The predicted octanol–water partition coefficient (Wildman–Crippen LogP) is 4.34. The summed E-state index contributed by atoms with van der Waals surface area (Å²) >= 11 is 0. The van der Waals surface area contributed by atoms with Crippen LogP contribution in [0.1, 0.15) is 25.1 Å². The van der Waals surface area contributed by atoms with E-state index in [0.717, 1.165) is 22.8 Å². The van der Waals surface area contributed by atoms with Crippen LogP contribution in [-0.4, -0.2) is 41.5 Å². The maximum atomic E-state index is 14.8. The highest BCUT2D eigenvalue weighted by atomic mass is 32.2. The molecule has 8 nitrogen and oxygen atoms in total. The number of ether oxygens (including phenoxy) is 1. The molecule has 34 heavy (non-hydrogen) atoms. The second kappa shape index (κ2) is 8.77. The first-order chi connectivity index (χ1) is 16.0. The molecule has 0 atom stereocenters. The van der Waals surface area contributed by atoms with Gasteiger partial charge in [0.2, 0.25) is 0 Å². The van der Waals surface area contributed by atoms with Crippen LogP contribution in [0, 0.1) is 5.82 Å². The Labute approximate surface area is 197 Å². The highest BCUT2D eigenvalue weighted by Crippen LogP contribution is 2.34. The van der Waals surface area contributed by atoms with Crippen LogP contribution in [0.25, 0.3) is 22.0 Å². The third-order valence-electron chi connectivity index (χ3n) is 5.59. The third-order valence-corrected chi connectivity index (χ3v) is 6.45. The summed E-state index contributed by atoms with van der Waals surface area (Å²) < 4.78 is 45.5. The van der Waals surface area contributed by atoms with E-state index >= 15 is 0 Å². The molecule has 0 radical (unpaired) electrons. The molecule has 0 saturated heterocycles. The van der Waals surface area contributed by atoms with Gasteiger partial charge >= 0.3 is 0 Å². The summed E-state index contributed by atoms with van der Waals surface area (Å²) in [7, 11) is 0.314. The lowest BCUT2D eigenvalue weighted by molar-refractivity contribution is 0.0136. The molecule has 0 bridgehead atoms. The maximum absolute atomic E-state index is 14.8. The van der Waals surface area contributed by atoms with Crippen LogP contribution < -0.4 is 5.32 Å². The summed E-state index contributed by atoms with van der Waals surface area (Å²) in [4.78, 5) is 8.34. The highest BCUT2D eigenvalue weighted by molar-refractivity contribution is 7.89. The van der Waals surface area contributed by atoms with Gasteiger partial charge in [0.1, 0.15) is 23.1 Å². The van der Waals surface area contributed by atoms with E-state index < -0.39 is 21.3 Å². The van der Waals surface area contributed by atoms with Crippen LogP contribution in [0.5, 0.6) is 0 Å². The van der Waals surface area contributed by atoms with Gasteiger partial charge in [-0.25, -0.2) is 22.8 Å². The zero-order chi connectivity index (χ0) is 24.7. The summed E-state index contributed by atoms with van der Waals surface area (Å²) in [5, 5.41) is 8.46. The maximum Gasteiger partial charge on any atom is 0.151 e. The SMILES string of the molecule is COC(C)(C)c1c2cc(-c3cc(Nc4cc(CS(C)(=O)=O)ccn4)ncc3F)ccc2nn1C. The molecular weight excluding hydrogens is 457 g/mol. The van der Waals surface area contributed by atoms with Gasteiger partial charge in [0.25, 0.3) is 0 Å². The number of aromatic nitrogens is 4. The fraction of sp³-hybridized carbons (Fsp3) is 0.292. The Morgan fingerprint density at radius 3 is 2.56 bits per heavy atom. The van der Waals surface area contributed by atoms with Crippen molar-refractivity contribution in [1.29, 1.82) is 0 Å². The average molecular weight is 484 g/mol. The Hall–Kier alpha value is -3.37. The molecule has 10 heteroatoms. The van der Waals surface area contributed by atoms with Crippen LogP contribution in [0.4, 0.5) is 16.0 Å². The molecule has 0 unspecified atom stereocenters. The monoisotopic (exact) mass is 483 g/mol. The summed E-state index contributed by atoms with van der Waals surface area (Å²) in [6, 6.07) is 10.4. The standard InChI is InChI=1S/C24H26FN5O3S/c1-24(2,33-4)23-18-11-16(6-7-20(18)29-30(23)3)17-12-22(27-13-19(17)25)28-21-10-15(8-9-26-21)14-34(5,31)32/h6-13H,14H2,1-5H3,(H,26,27,28). The van der Waals surface area contributed by atoms with Crippen molar-refractivity contribution in [3.63, 3.8) is 0 Å². The number of benzene rings is 1. The Morgan fingerprint density at radius 2 is 1.85 bits per heavy atom. The number of pyridine rings is 2. The normalized spacial score (nSPS) is 12.3. The minimum atomic E-state index is -3.18. The van der Waals surface area contributed by atoms with Gasteiger partial charge in [0, 0.05) is 37.6 Å². The smallest absolute Gasteiger partial charge is 0.151 e. The largest absolute Gasteiger partial charge is 0.372 e. The molecule has 0 fully saturated rings. The quantitative estimate of drug-likeness (QED) is 0.417. The first kappa shape index (κ1) is 23.8. The molecule has 0 amide bonds. The summed E-state index contributed by atoms with van der Waals surface area (Å²) in [5.74, 6) is 0.222. The number of fused-ring (bicyclic) bond motifs is 1. The van der Waals surface area contributed by atoms with Crippen molar-refractivity contribution in [1.82, 2.24) is 19.7 Å². The lowest BCUT2D eigenvalue weighted by atomic mass is 9.97. The molecule has 1 N–H and O–H groups in total. The number of hydrogen-bond acceptors (Lipinski definition) is 7. The average Bonchev–Trinajstić information content (AvgIpc) is 3.10. The number of sulfone groups is 1. The Bertz CT molecular complexity index is 1480. The number of halogens is 1. The van der Waals surface area contributed by atoms with Gasteiger partial charge in [-0.3, -0.25) is 4.68 Å².